The van der Waals surface area contributed by atoms with E-state index in [1.165, 1.54) is 23.5 Å². The fraction of sp³-hybridized carbons (Fsp3) is 0.0526. The summed E-state index contributed by atoms with van der Waals surface area (Å²) < 4.78 is 95.6. The number of fused-ring (bicyclic) bond motifs is 1. The molecule has 0 aliphatic rings. The molecule has 4 rings (SSSR count). The number of hydrogen-bond acceptors (Lipinski definition) is 5. The molecule has 0 spiro atoms. The van der Waals surface area contributed by atoms with E-state index < -0.39 is 49.8 Å². The molecule has 2 aromatic heterocycles. The molecule has 2 aromatic carbocycles. The maximum Gasteiger partial charge on any atom is 0.267 e. The van der Waals surface area contributed by atoms with Crippen molar-refractivity contribution < 1.29 is 35.2 Å². The second kappa shape index (κ2) is 7.67. The largest absolute Gasteiger partial charge is 0.287 e. The SMILES string of the molecule is Cc1nc2sccn2c1C(=O)c1ccc(NS(=O)(=O)c2c(F)c(F)c(F)c(F)c2F)cc1. The van der Waals surface area contributed by atoms with Crippen molar-refractivity contribution in [2.75, 3.05) is 4.72 Å². The highest BCUT2D eigenvalue weighted by Crippen LogP contribution is 2.28. The van der Waals surface area contributed by atoms with Gasteiger partial charge in [-0.1, -0.05) is 0 Å². The highest BCUT2D eigenvalue weighted by Gasteiger charge is 2.33. The van der Waals surface area contributed by atoms with E-state index in [4.69, 9.17) is 0 Å². The molecule has 13 heteroatoms. The zero-order chi connectivity index (χ0) is 23.4. The van der Waals surface area contributed by atoms with E-state index in [0.717, 1.165) is 12.1 Å². The Morgan fingerprint density at radius 1 is 0.969 bits per heavy atom. The van der Waals surface area contributed by atoms with E-state index in [1.54, 1.807) is 27.6 Å². The van der Waals surface area contributed by atoms with Gasteiger partial charge >= 0.3 is 0 Å². The number of thiazole rings is 1. The lowest BCUT2D eigenvalue weighted by atomic mass is 10.1. The summed E-state index contributed by atoms with van der Waals surface area (Å²) in [5.74, 6) is -12.6. The third kappa shape index (κ3) is 3.42. The van der Waals surface area contributed by atoms with Crippen molar-refractivity contribution >= 4 is 37.8 Å². The van der Waals surface area contributed by atoms with Gasteiger partial charge in [0.25, 0.3) is 10.0 Å². The van der Waals surface area contributed by atoms with Crippen LogP contribution in [0.4, 0.5) is 27.6 Å². The van der Waals surface area contributed by atoms with Gasteiger partial charge in [-0.25, -0.2) is 35.4 Å². The standard InChI is InChI=1S/C19H10F5N3O3S2/c1-8-16(27-6-7-31-19(27)25-8)17(28)9-2-4-10(5-3-9)26-32(29,30)18-14(23)12(21)11(20)13(22)15(18)24/h2-7,26H,1H3. The summed E-state index contributed by atoms with van der Waals surface area (Å²) in [6.07, 6.45) is 1.67. The Hall–Kier alpha value is -3.32. The Kier molecular flexibility index (Phi) is 5.25. The number of aromatic nitrogens is 2. The zero-order valence-corrected chi connectivity index (χ0v) is 17.4. The number of carbonyl (C=O) groups is 1. The highest BCUT2D eigenvalue weighted by molar-refractivity contribution is 7.92. The van der Waals surface area contributed by atoms with Gasteiger partial charge in [0, 0.05) is 22.8 Å². The van der Waals surface area contributed by atoms with Crippen LogP contribution in [0, 0.1) is 36.0 Å². The molecule has 0 aliphatic carbocycles. The number of rotatable bonds is 5. The number of aryl methyl sites for hydroxylation is 1. The first-order valence-corrected chi connectivity index (χ1v) is 11.0. The average Bonchev–Trinajstić information content (AvgIpc) is 3.30. The number of anilines is 1. The van der Waals surface area contributed by atoms with E-state index in [2.05, 4.69) is 4.98 Å². The van der Waals surface area contributed by atoms with Gasteiger partial charge in [0.05, 0.1) is 5.69 Å². The van der Waals surface area contributed by atoms with Crippen LogP contribution in [0.25, 0.3) is 4.96 Å². The summed E-state index contributed by atoms with van der Waals surface area (Å²) in [6, 6.07) is 4.70. The molecule has 0 aliphatic heterocycles. The normalized spacial score (nSPS) is 11.8. The molecule has 6 nitrogen and oxygen atoms in total. The third-order valence-electron chi connectivity index (χ3n) is 4.49. The molecule has 0 atom stereocenters. The van der Waals surface area contributed by atoms with Gasteiger partial charge < -0.3 is 0 Å². The molecule has 4 aromatic rings. The van der Waals surface area contributed by atoms with E-state index in [-0.39, 0.29) is 11.3 Å². The summed E-state index contributed by atoms with van der Waals surface area (Å²) in [6.45, 7) is 1.65. The summed E-state index contributed by atoms with van der Waals surface area (Å²) in [5, 5.41) is 1.75. The van der Waals surface area contributed by atoms with E-state index in [1.807, 2.05) is 0 Å². The van der Waals surface area contributed by atoms with Crippen molar-refractivity contribution in [2.24, 2.45) is 0 Å². The predicted octanol–water partition coefficient (Wildman–Crippen LogP) is 4.43. The van der Waals surface area contributed by atoms with Crippen molar-refractivity contribution in [1.29, 1.82) is 0 Å². The maximum atomic E-state index is 13.9. The van der Waals surface area contributed by atoms with Gasteiger partial charge in [0.2, 0.25) is 11.6 Å². The number of imidazole rings is 1. The van der Waals surface area contributed by atoms with Crippen molar-refractivity contribution in [3.8, 4) is 0 Å². The number of halogens is 5. The van der Waals surface area contributed by atoms with Gasteiger partial charge in [-0.15, -0.1) is 11.3 Å². The van der Waals surface area contributed by atoms with Gasteiger partial charge in [0.1, 0.15) is 5.69 Å². The van der Waals surface area contributed by atoms with Gasteiger partial charge in [0.15, 0.2) is 33.1 Å². The first-order chi connectivity index (χ1) is 15.0. The van der Waals surface area contributed by atoms with Crippen molar-refractivity contribution in [3.05, 3.63) is 81.9 Å². The van der Waals surface area contributed by atoms with Crippen LogP contribution in [0.5, 0.6) is 0 Å². The Bertz CT molecular complexity index is 1470. The van der Waals surface area contributed by atoms with Crippen molar-refractivity contribution in [1.82, 2.24) is 9.38 Å². The Morgan fingerprint density at radius 3 is 2.12 bits per heavy atom. The molecule has 0 saturated heterocycles. The Balaban J connectivity index is 1.65. The third-order valence-corrected chi connectivity index (χ3v) is 6.65. The first-order valence-electron chi connectivity index (χ1n) is 8.64. The zero-order valence-electron chi connectivity index (χ0n) is 15.8. The highest BCUT2D eigenvalue weighted by atomic mass is 32.2. The molecule has 0 saturated carbocycles. The minimum absolute atomic E-state index is 0.153. The second-order valence-electron chi connectivity index (χ2n) is 6.51. The minimum atomic E-state index is -5.19. The number of ketones is 1. The lowest BCUT2D eigenvalue weighted by molar-refractivity contribution is 0.103. The van der Waals surface area contributed by atoms with Crippen molar-refractivity contribution in [2.45, 2.75) is 11.8 Å². The van der Waals surface area contributed by atoms with E-state index >= 15 is 0 Å². The van der Waals surface area contributed by atoms with Crippen LogP contribution in [0.3, 0.4) is 0 Å². The van der Waals surface area contributed by atoms with Crippen LogP contribution < -0.4 is 4.72 Å². The lowest BCUT2D eigenvalue weighted by Crippen LogP contribution is -2.19. The fourth-order valence-electron chi connectivity index (χ4n) is 3.02. The molecule has 2 heterocycles. The van der Waals surface area contributed by atoms with Crippen LogP contribution in [0.15, 0.2) is 40.7 Å². The quantitative estimate of drug-likeness (QED) is 0.196. The average molecular weight is 487 g/mol. The molecule has 0 fully saturated rings. The van der Waals surface area contributed by atoms with Crippen LogP contribution in [-0.2, 0) is 10.0 Å². The lowest BCUT2D eigenvalue weighted by Gasteiger charge is -2.11. The molecular weight excluding hydrogens is 477 g/mol. The van der Waals surface area contributed by atoms with Gasteiger partial charge in [-0.2, -0.15) is 0 Å². The monoisotopic (exact) mass is 487 g/mol. The molecule has 166 valence electrons. The van der Waals surface area contributed by atoms with Crippen LogP contribution >= 0.6 is 11.3 Å². The number of hydrogen-bond donors (Lipinski definition) is 1. The van der Waals surface area contributed by atoms with E-state index in [9.17, 15) is 35.2 Å². The minimum Gasteiger partial charge on any atom is -0.287 e. The molecule has 1 N–H and O–H groups in total. The number of nitrogens with zero attached hydrogens (tertiary/aromatic N) is 2. The van der Waals surface area contributed by atoms with Crippen molar-refractivity contribution in [3.63, 3.8) is 0 Å². The number of carbonyl (C=O) groups excluding carboxylic acids is 1. The topological polar surface area (TPSA) is 80.5 Å². The number of sulfonamides is 1. The summed E-state index contributed by atoms with van der Waals surface area (Å²) in [5.41, 5.74) is 0.672. The summed E-state index contributed by atoms with van der Waals surface area (Å²) >= 11 is 1.33. The van der Waals surface area contributed by atoms with Crippen LogP contribution in [0.1, 0.15) is 21.7 Å². The molecule has 0 radical (unpaired) electrons. The van der Waals surface area contributed by atoms with Crippen LogP contribution in [-0.4, -0.2) is 23.6 Å². The van der Waals surface area contributed by atoms with Crippen LogP contribution in [0.2, 0.25) is 0 Å². The number of benzene rings is 2. The predicted molar refractivity (Wildman–Crippen MR) is 105 cm³/mol. The molecule has 0 amide bonds. The second-order valence-corrected chi connectivity index (χ2v) is 9.00. The molecule has 0 unspecified atom stereocenters. The smallest absolute Gasteiger partial charge is 0.267 e. The molecular formula is C19H10F5N3O3S2. The molecule has 32 heavy (non-hydrogen) atoms. The number of nitrogens with one attached hydrogen (secondary N) is 1. The Labute approximate surface area is 181 Å². The fourth-order valence-corrected chi connectivity index (χ4v) is 4.98. The maximum absolute atomic E-state index is 13.9. The summed E-state index contributed by atoms with van der Waals surface area (Å²) in [7, 11) is -5.19. The molecule has 0 bridgehead atoms. The summed E-state index contributed by atoms with van der Waals surface area (Å²) in [4.78, 5) is 15.7. The van der Waals surface area contributed by atoms with Gasteiger partial charge in [-0.3, -0.25) is 13.9 Å². The van der Waals surface area contributed by atoms with Gasteiger partial charge in [-0.05, 0) is 31.2 Å². The van der Waals surface area contributed by atoms with E-state index in [0.29, 0.717) is 16.3 Å². The Morgan fingerprint density at radius 2 is 1.53 bits per heavy atom. The first kappa shape index (κ1) is 21.9.